The Labute approximate surface area is 134 Å². The molecule has 0 bridgehead atoms. The number of hydrogen-bond donors (Lipinski definition) is 1. The molecular formula is C18H18N2O3. The second-order valence-corrected chi connectivity index (χ2v) is 5.43. The van der Waals surface area contributed by atoms with Crippen LogP contribution in [0.5, 0.6) is 5.75 Å². The highest BCUT2D eigenvalue weighted by molar-refractivity contribution is 5.99. The number of anilines is 2. The Bertz CT molecular complexity index is 728. The highest BCUT2D eigenvalue weighted by Gasteiger charge is 2.25. The Morgan fingerprint density at radius 2 is 2.00 bits per heavy atom. The van der Waals surface area contributed by atoms with Crippen molar-refractivity contribution in [2.75, 3.05) is 23.4 Å². The van der Waals surface area contributed by atoms with E-state index in [1.807, 2.05) is 30.3 Å². The van der Waals surface area contributed by atoms with Gasteiger partial charge in [0, 0.05) is 19.2 Å². The molecule has 1 N–H and O–H groups in total. The second kappa shape index (κ2) is 6.52. The molecule has 5 nitrogen and oxygen atoms in total. The molecule has 1 aliphatic heterocycles. The van der Waals surface area contributed by atoms with E-state index in [1.54, 1.807) is 23.1 Å². The van der Waals surface area contributed by atoms with Crippen molar-refractivity contribution < 1.29 is 14.3 Å². The summed E-state index contributed by atoms with van der Waals surface area (Å²) in [6.07, 6.45) is 0.760. The Morgan fingerprint density at radius 3 is 2.74 bits per heavy atom. The Balaban J connectivity index is 1.83. The summed E-state index contributed by atoms with van der Waals surface area (Å²) < 4.78 is 5.47. The van der Waals surface area contributed by atoms with E-state index in [2.05, 4.69) is 5.32 Å². The highest BCUT2D eigenvalue weighted by Crippen LogP contribution is 2.34. The average Bonchev–Trinajstić information content (AvgIpc) is 2.54. The van der Waals surface area contributed by atoms with Crippen molar-refractivity contribution in [3.63, 3.8) is 0 Å². The SMILES string of the molecule is CC(=O)Nc1ccc2c(c1)N(CCc1ccccc1)C(=O)CO2. The van der Waals surface area contributed by atoms with Gasteiger partial charge < -0.3 is 15.0 Å². The van der Waals surface area contributed by atoms with E-state index in [9.17, 15) is 9.59 Å². The van der Waals surface area contributed by atoms with Gasteiger partial charge in [0.05, 0.1) is 5.69 Å². The largest absolute Gasteiger partial charge is 0.482 e. The molecule has 0 atom stereocenters. The van der Waals surface area contributed by atoms with Gasteiger partial charge in [0.15, 0.2) is 6.61 Å². The van der Waals surface area contributed by atoms with Gasteiger partial charge >= 0.3 is 0 Å². The maximum absolute atomic E-state index is 12.2. The fraction of sp³-hybridized carbons (Fsp3) is 0.222. The van der Waals surface area contributed by atoms with Gasteiger partial charge in [-0.2, -0.15) is 0 Å². The van der Waals surface area contributed by atoms with Crippen LogP contribution in [0.3, 0.4) is 0 Å². The van der Waals surface area contributed by atoms with Crippen molar-refractivity contribution in [3.05, 3.63) is 54.1 Å². The Morgan fingerprint density at radius 1 is 1.22 bits per heavy atom. The molecular weight excluding hydrogens is 292 g/mol. The van der Waals surface area contributed by atoms with Crippen molar-refractivity contribution in [3.8, 4) is 5.75 Å². The molecule has 3 rings (SSSR count). The third-order valence-electron chi connectivity index (χ3n) is 3.69. The number of benzene rings is 2. The quantitative estimate of drug-likeness (QED) is 0.944. The van der Waals surface area contributed by atoms with Crippen molar-refractivity contribution in [2.45, 2.75) is 13.3 Å². The summed E-state index contributed by atoms with van der Waals surface area (Å²) in [4.78, 5) is 25.2. The summed E-state index contributed by atoms with van der Waals surface area (Å²) >= 11 is 0. The molecule has 0 saturated carbocycles. The van der Waals surface area contributed by atoms with Gasteiger partial charge in [-0.1, -0.05) is 30.3 Å². The van der Waals surface area contributed by atoms with Crippen molar-refractivity contribution in [2.24, 2.45) is 0 Å². The third-order valence-corrected chi connectivity index (χ3v) is 3.69. The fourth-order valence-electron chi connectivity index (χ4n) is 2.61. The number of nitrogens with zero attached hydrogens (tertiary/aromatic N) is 1. The number of nitrogens with one attached hydrogen (secondary N) is 1. The van der Waals surface area contributed by atoms with Crippen LogP contribution in [0.15, 0.2) is 48.5 Å². The Hall–Kier alpha value is -2.82. The van der Waals surface area contributed by atoms with Gasteiger partial charge in [-0.25, -0.2) is 0 Å². The van der Waals surface area contributed by atoms with E-state index in [0.717, 1.165) is 6.42 Å². The van der Waals surface area contributed by atoms with Crippen molar-refractivity contribution in [1.29, 1.82) is 0 Å². The Kier molecular flexibility index (Phi) is 4.28. The molecule has 5 heteroatoms. The molecule has 0 unspecified atom stereocenters. The smallest absolute Gasteiger partial charge is 0.265 e. The van der Waals surface area contributed by atoms with E-state index in [4.69, 9.17) is 4.74 Å². The minimum absolute atomic E-state index is 0.0429. The standard InChI is InChI=1S/C18H18N2O3/c1-13(21)19-15-7-8-17-16(11-15)20(18(22)12-23-17)10-9-14-5-3-2-4-6-14/h2-8,11H,9-10,12H2,1H3,(H,19,21). The summed E-state index contributed by atoms with van der Waals surface area (Å²) in [5, 5.41) is 2.73. The monoisotopic (exact) mass is 310 g/mol. The summed E-state index contributed by atoms with van der Waals surface area (Å²) in [5.41, 5.74) is 2.52. The molecule has 0 aromatic heterocycles. The lowest BCUT2D eigenvalue weighted by molar-refractivity contribution is -0.121. The van der Waals surface area contributed by atoms with Gasteiger partial charge in [-0.3, -0.25) is 9.59 Å². The van der Waals surface area contributed by atoms with E-state index >= 15 is 0 Å². The molecule has 0 radical (unpaired) electrons. The number of carbonyl (C=O) groups is 2. The summed E-state index contributed by atoms with van der Waals surface area (Å²) in [5.74, 6) is 0.434. The minimum Gasteiger partial charge on any atom is -0.482 e. The zero-order valence-corrected chi connectivity index (χ0v) is 12.9. The first-order valence-electron chi connectivity index (χ1n) is 7.52. The number of hydrogen-bond acceptors (Lipinski definition) is 3. The first kappa shape index (κ1) is 15.1. The van der Waals surface area contributed by atoms with Crippen LogP contribution < -0.4 is 15.0 Å². The highest BCUT2D eigenvalue weighted by atomic mass is 16.5. The van der Waals surface area contributed by atoms with E-state index < -0.39 is 0 Å². The lowest BCUT2D eigenvalue weighted by Crippen LogP contribution is -2.40. The minimum atomic E-state index is -0.149. The van der Waals surface area contributed by atoms with Crippen LogP contribution in [0.2, 0.25) is 0 Å². The number of rotatable bonds is 4. The van der Waals surface area contributed by atoms with Gasteiger partial charge in [-0.05, 0) is 30.2 Å². The van der Waals surface area contributed by atoms with Crippen LogP contribution in [0, 0.1) is 0 Å². The van der Waals surface area contributed by atoms with Crippen LogP contribution >= 0.6 is 0 Å². The van der Waals surface area contributed by atoms with E-state index in [1.165, 1.54) is 12.5 Å². The predicted molar refractivity (Wildman–Crippen MR) is 88.7 cm³/mol. The number of fused-ring (bicyclic) bond motifs is 1. The lowest BCUT2D eigenvalue weighted by atomic mass is 10.1. The van der Waals surface area contributed by atoms with Crippen LogP contribution in [0.4, 0.5) is 11.4 Å². The van der Waals surface area contributed by atoms with Gasteiger partial charge in [0.25, 0.3) is 5.91 Å². The number of amides is 2. The average molecular weight is 310 g/mol. The van der Waals surface area contributed by atoms with Gasteiger partial charge in [0.1, 0.15) is 5.75 Å². The molecule has 118 valence electrons. The normalized spacial score (nSPS) is 13.3. The van der Waals surface area contributed by atoms with Crippen LogP contribution in [-0.2, 0) is 16.0 Å². The van der Waals surface area contributed by atoms with Crippen LogP contribution in [0.25, 0.3) is 0 Å². The summed E-state index contributed by atoms with van der Waals surface area (Å²) in [6.45, 7) is 2.07. The molecule has 2 aromatic rings. The molecule has 0 saturated heterocycles. The zero-order chi connectivity index (χ0) is 16.2. The maximum atomic E-state index is 12.2. The molecule has 0 aliphatic carbocycles. The first-order valence-corrected chi connectivity index (χ1v) is 7.52. The maximum Gasteiger partial charge on any atom is 0.265 e. The van der Waals surface area contributed by atoms with Crippen LogP contribution in [-0.4, -0.2) is 25.0 Å². The summed E-state index contributed by atoms with van der Waals surface area (Å²) in [7, 11) is 0. The molecule has 1 heterocycles. The van der Waals surface area contributed by atoms with E-state index in [0.29, 0.717) is 23.7 Å². The van der Waals surface area contributed by atoms with Gasteiger partial charge in [-0.15, -0.1) is 0 Å². The van der Waals surface area contributed by atoms with Crippen LogP contribution in [0.1, 0.15) is 12.5 Å². The molecule has 2 aromatic carbocycles. The molecule has 0 spiro atoms. The lowest BCUT2D eigenvalue weighted by Gasteiger charge is -2.30. The summed E-state index contributed by atoms with van der Waals surface area (Å²) in [6, 6.07) is 15.4. The zero-order valence-electron chi connectivity index (χ0n) is 12.9. The third kappa shape index (κ3) is 3.51. The molecule has 0 fully saturated rings. The van der Waals surface area contributed by atoms with Crippen molar-refractivity contribution in [1.82, 2.24) is 0 Å². The fourth-order valence-corrected chi connectivity index (χ4v) is 2.61. The molecule has 1 aliphatic rings. The molecule has 2 amide bonds. The van der Waals surface area contributed by atoms with Gasteiger partial charge in [0.2, 0.25) is 5.91 Å². The molecule has 23 heavy (non-hydrogen) atoms. The second-order valence-electron chi connectivity index (χ2n) is 5.43. The topological polar surface area (TPSA) is 58.6 Å². The van der Waals surface area contributed by atoms with Crippen molar-refractivity contribution >= 4 is 23.2 Å². The predicted octanol–water partition coefficient (Wildman–Crippen LogP) is 2.61. The first-order chi connectivity index (χ1) is 11.1. The number of ether oxygens (including phenoxy) is 1. The number of carbonyl (C=O) groups excluding carboxylic acids is 2. The van der Waals surface area contributed by atoms with E-state index in [-0.39, 0.29) is 18.4 Å².